The fraction of sp³-hybridized carbons (Fsp3) is 0. The molecule has 0 aliphatic heterocycles. The van der Waals surface area contributed by atoms with Gasteiger partial charge in [0, 0.05) is 10.4 Å². The standard InChI is InChI=1S/Ag.Hg.H2O4S/c;;1-5(2,3)4/h;;(H2,1,2,3,4)/q2*+1;/p-2. The molecule has 0 heterocycles. The Morgan fingerprint density at radius 1 is 1.14 bits per heavy atom. The Bertz CT molecular complexity index is 94.9. The van der Waals surface area contributed by atoms with Crippen molar-refractivity contribution < 1.29 is 67.6 Å². The Morgan fingerprint density at radius 3 is 1.14 bits per heavy atom. The molecule has 7 heavy (non-hydrogen) atoms. The molecule has 0 aromatic carbocycles. The summed E-state index contributed by atoms with van der Waals surface area (Å²) in [6.07, 6.45) is 0. The number of hydrogen-bond donors (Lipinski definition) is 0. The molecule has 0 bridgehead atoms. The third-order valence-electron chi connectivity index (χ3n) is 0. The molecule has 7 heteroatoms. The van der Waals surface area contributed by atoms with Gasteiger partial charge in [-0.3, -0.25) is 8.42 Å². The van der Waals surface area contributed by atoms with Crippen molar-refractivity contribution in [3.05, 3.63) is 0 Å². The summed E-state index contributed by atoms with van der Waals surface area (Å²) in [4.78, 5) is 0. The summed E-state index contributed by atoms with van der Waals surface area (Å²) in [5, 5.41) is 0. The molecule has 0 saturated heterocycles. The zero-order chi connectivity index (χ0) is 4.50. The molecule has 0 N–H and O–H groups in total. The maximum Gasteiger partial charge on any atom is 1.00 e. The van der Waals surface area contributed by atoms with Crippen LogP contribution in [0.3, 0.4) is 0 Å². The summed E-state index contributed by atoms with van der Waals surface area (Å²) < 4.78 is 34.1. The second-order valence-corrected chi connectivity index (χ2v) is 1.22. The Morgan fingerprint density at radius 2 is 1.14 bits per heavy atom. The molecule has 4 nitrogen and oxygen atoms in total. The molecule has 0 spiro atoms. The average Bonchev–Trinajstić information content (AvgIpc) is 0.722. The van der Waals surface area contributed by atoms with Crippen LogP contribution in [-0.4, -0.2) is 17.5 Å². The minimum Gasteiger partial charge on any atom is -0.759 e. The van der Waals surface area contributed by atoms with Crippen LogP contribution < -0.4 is 0 Å². The smallest absolute Gasteiger partial charge is 0.759 e. The van der Waals surface area contributed by atoms with Gasteiger partial charge in [0.1, 0.15) is 0 Å². The van der Waals surface area contributed by atoms with Crippen LogP contribution in [0.25, 0.3) is 0 Å². The van der Waals surface area contributed by atoms with Crippen molar-refractivity contribution >= 4 is 10.4 Å². The van der Waals surface area contributed by atoms with E-state index in [1.165, 1.54) is 0 Å². The summed E-state index contributed by atoms with van der Waals surface area (Å²) in [6, 6.07) is 0. The zero-order valence-electron chi connectivity index (χ0n) is 3.05. The van der Waals surface area contributed by atoms with E-state index < -0.39 is 10.4 Å². The van der Waals surface area contributed by atoms with E-state index in [-0.39, 0.29) is 50.0 Å². The molecule has 0 amide bonds. The van der Waals surface area contributed by atoms with Crippen LogP contribution in [0, 0.1) is 0 Å². The minimum atomic E-state index is -5.17. The van der Waals surface area contributed by atoms with Gasteiger partial charge in [-0.25, -0.2) is 0 Å². The predicted octanol–water partition coefficient (Wildman–Crippen LogP) is -1.34. The zero-order valence-corrected chi connectivity index (χ0v) is 10.8. The summed E-state index contributed by atoms with van der Waals surface area (Å²) in [6.45, 7) is 0. The van der Waals surface area contributed by atoms with Crippen molar-refractivity contribution in [2.45, 2.75) is 0 Å². The summed E-state index contributed by atoms with van der Waals surface area (Å²) >= 11 is 0. The third-order valence-corrected chi connectivity index (χ3v) is 0. The monoisotopic (exact) mass is 405 g/mol. The van der Waals surface area contributed by atoms with Crippen LogP contribution in [0.5, 0.6) is 0 Å². The van der Waals surface area contributed by atoms with Gasteiger partial charge in [0.15, 0.2) is 0 Å². The van der Waals surface area contributed by atoms with Gasteiger partial charge in [0.2, 0.25) is 0 Å². The Kier molecular flexibility index (Phi) is 12.8. The minimum absolute atomic E-state index is 0. The van der Waals surface area contributed by atoms with E-state index in [0.717, 1.165) is 0 Å². The van der Waals surface area contributed by atoms with Crippen molar-refractivity contribution in [1.29, 1.82) is 0 Å². The first kappa shape index (κ1) is 15.8. The van der Waals surface area contributed by atoms with Crippen LogP contribution in [0.1, 0.15) is 0 Å². The fourth-order valence-electron chi connectivity index (χ4n) is 0. The van der Waals surface area contributed by atoms with Gasteiger partial charge in [0.05, 0.1) is 0 Å². The Labute approximate surface area is 77.3 Å². The molecule has 0 aromatic rings. The summed E-state index contributed by atoms with van der Waals surface area (Å²) in [5.41, 5.74) is 0. The maximum atomic E-state index is 8.52. The van der Waals surface area contributed by atoms with E-state index in [4.69, 9.17) is 17.5 Å². The first-order valence-corrected chi connectivity index (χ1v) is 2.00. The topological polar surface area (TPSA) is 80.3 Å². The Balaban J connectivity index is -0.0000000800. The molecule has 43 valence electrons. The molecule has 0 unspecified atom stereocenters. The van der Waals surface area contributed by atoms with E-state index in [1.807, 2.05) is 0 Å². The van der Waals surface area contributed by atoms with Crippen LogP contribution in [0.2, 0.25) is 0 Å². The molecular formula is AgHgO4S. The van der Waals surface area contributed by atoms with Gasteiger partial charge in [0.25, 0.3) is 0 Å². The average molecular weight is 405 g/mol. The summed E-state index contributed by atoms with van der Waals surface area (Å²) in [5.74, 6) is 0. The van der Waals surface area contributed by atoms with E-state index >= 15 is 0 Å². The quantitative estimate of drug-likeness (QED) is 0.284. The molecule has 0 aliphatic rings. The molecule has 0 aliphatic carbocycles. The number of rotatable bonds is 0. The van der Waals surface area contributed by atoms with E-state index in [1.54, 1.807) is 0 Å². The predicted molar refractivity (Wildman–Crippen MR) is 10.5 cm³/mol. The second-order valence-electron chi connectivity index (χ2n) is 0.408. The fourth-order valence-corrected chi connectivity index (χ4v) is 0. The van der Waals surface area contributed by atoms with Crippen molar-refractivity contribution in [2.75, 3.05) is 0 Å². The first-order chi connectivity index (χ1) is 2.00. The largest absolute Gasteiger partial charge is 1.00 e. The molecular weight excluding hydrogens is 405 g/mol. The number of hydrogen-bond acceptors (Lipinski definition) is 4. The van der Waals surface area contributed by atoms with Crippen LogP contribution in [-0.2, 0) is 60.4 Å². The maximum absolute atomic E-state index is 8.52. The molecule has 1 radical (unpaired) electrons. The summed E-state index contributed by atoms with van der Waals surface area (Å²) in [7, 11) is -5.17. The van der Waals surface area contributed by atoms with E-state index in [0.29, 0.717) is 0 Å². The van der Waals surface area contributed by atoms with Gasteiger partial charge < -0.3 is 9.11 Å². The van der Waals surface area contributed by atoms with Crippen molar-refractivity contribution in [3.8, 4) is 0 Å². The SMILES string of the molecule is O=S(=O)([O-])[O-].[Ag+].[Hg+]. The van der Waals surface area contributed by atoms with Gasteiger partial charge in [-0.15, -0.1) is 0 Å². The first-order valence-electron chi connectivity index (χ1n) is 0.667. The normalized spacial score (nSPS) is 8.29. The van der Waals surface area contributed by atoms with Gasteiger partial charge >= 0.3 is 50.0 Å². The van der Waals surface area contributed by atoms with Crippen LogP contribution in [0.15, 0.2) is 0 Å². The Hall–Kier alpha value is 1.55. The van der Waals surface area contributed by atoms with Crippen LogP contribution in [0.4, 0.5) is 0 Å². The molecule has 0 atom stereocenters. The van der Waals surface area contributed by atoms with Gasteiger partial charge in [-0.2, -0.15) is 0 Å². The molecule has 0 rings (SSSR count). The molecule has 0 saturated carbocycles. The van der Waals surface area contributed by atoms with E-state index in [9.17, 15) is 0 Å². The molecule has 0 aromatic heterocycles. The van der Waals surface area contributed by atoms with Crippen molar-refractivity contribution in [2.24, 2.45) is 0 Å². The van der Waals surface area contributed by atoms with Crippen LogP contribution >= 0.6 is 0 Å². The third kappa shape index (κ3) is 97.2. The van der Waals surface area contributed by atoms with E-state index in [2.05, 4.69) is 0 Å². The van der Waals surface area contributed by atoms with Gasteiger partial charge in [-0.05, 0) is 0 Å². The van der Waals surface area contributed by atoms with Gasteiger partial charge in [-0.1, -0.05) is 0 Å². The second kappa shape index (κ2) is 5.68. The van der Waals surface area contributed by atoms with Crippen molar-refractivity contribution in [1.82, 2.24) is 0 Å². The van der Waals surface area contributed by atoms with Crippen molar-refractivity contribution in [3.63, 3.8) is 0 Å². The molecule has 0 fully saturated rings.